The largest absolute Gasteiger partial charge is 0.456 e. The number of hydrogen-bond donors (Lipinski definition) is 0. The highest BCUT2D eigenvalue weighted by molar-refractivity contribution is 6.10. The Labute approximate surface area is 327 Å². The molecule has 1 aliphatic heterocycles. The average molecular weight is 697 g/mol. The van der Waals surface area contributed by atoms with Crippen molar-refractivity contribution in [2.24, 2.45) is 0 Å². The molecule has 11 rings (SSSR count). The number of hydrogen-bond acceptors (Lipinski definition) is 1. The molecule has 54 heavy (non-hydrogen) atoms. The molecule has 1 aliphatic carbocycles. The molecule has 0 aromatic heterocycles. The van der Waals surface area contributed by atoms with Crippen LogP contribution in [-0.2, 0) is 5.41 Å². The van der Waals surface area contributed by atoms with Crippen LogP contribution in [0.4, 0.5) is 0 Å². The van der Waals surface area contributed by atoms with E-state index < -0.39 is 18.1 Å². The summed E-state index contributed by atoms with van der Waals surface area (Å²) in [4.78, 5) is 0. The van der Waals surface area contributed by atoms with Gasteiger partial charge in [-0.25, -0.2) is 0 Å². The summed E-state index contributed by atoms with van der Waals surface area (Å²) in [5.74, 6) is 1.03. The van der Waals surface area contributed by atoms with E-state index in [1.807, 2.05) is 72.8 Å². The Morgan fingerprint density at radius 2 is 1.09 bits per heavy atom. The second-order valence-electron chi connectivity index (χ2n) is 14.6. The van der Waals surface area contributed by atoms with Gasteiger partial charge in [-0.1, -0.05) is 141 Å². The van der Waals surface area contributed by atoms with E-state index in [9.17, 15) is 4.11 Å². The Kier molecular flexibility index (Phi) is 5.13. The normalized spacial score (nSPS) is 15.4. The van der Waals surface area contributed by atoms with E-state index in [-0.39, 0.29) is 41.2 Å². The lowest BCUT2D eigenvalue weighted by atomic mass is 9.81. The van der Waals surface area contributed by atoms with Gasteiger partial charge in [-0.05, 0) is 143 Å². The van der Waals surface area contributed by atoms with Gasteiger partial charge in [0.25, 0.3) is 0 Å². The summed E-state index contributed by atoms with van der Waals surface area (Å²) in [6.07, 6.45) is 0. The van der Waals surface area contributed by atoms with Gasteiger partial charge in [0.15, 0.2) is 0 Å². The van der Waals surface area contributed by atoms with Crippen molar-refractivity contribution >= 4 is 21.5 Å². The van der Waals surface area contributed by atoms with Crippen LogP contribution >= 0.6 is 0 Å². The van der Waals surface area contributed by atoms with Gasteiger partial charge >= 0.3 is 0 Å². The van der Waals surface area contributed by atoms with E-state index in [4.69, 9.17) is 11.6 Å². The van der Waals surface area contributed by atoms with Gasteiger partial charge in [0.05, 0.1) is 11.0 Å². The average Bonchev–Trinajstić information content (AvgIpc) is 3.49. The van der Waals surface area contributed by atoms with Crippen molar-refractivity contribution in [2.75, 3.05) is 0 Å². The van der Waals surface area contributed by atoms with Gasteiger partial charge in [0.1, 0.15) is 11.5 Å². The molecule has 254 valence electrons. The highest BCUT2D eigenvalue weighted by atomic mass is 16.5. The molecule has 1 heterocycles. The molecular weight excluding hydrogens is 653 g/mol. The van der Waals surface area contributed by atoms with Gasteiger partial charge < -0.3 is 4.74 Å². The lowest BCUT2D eigenvalue weighted by Crippen LogP contribution is -2.15. The van der Waals surface area contributed by atoms with E-state index in [2.05, 4.69) is 62.4 Å². The van der Waals surface area contributed by atoms with Crippen molar-refractivity contribution in [2.45, 2.75) is 19.3 Å². The first-order valence-corrected chi connectivity index (χ1v) is 18.2. The molecule has 0 amide bonds. The molecule has 0 spiro atoms. The fourth-order valence-corrected chi connectivity index (χ4v) is 8.47. The van der Waals surface area contributed by atoms with Crippen molar-refractivity contribution in [1.82, 2.24) is 0 Å². The van der Waals surface area contributed by atoms with Crippen LogP contribution in [-0.4, -0.2) is 0 Å². The minimum atomic E-state index is -0.447. The molecule has 1 heteroatoms. The van der Waals surface area contributed by atoms with Crippen LogP contribution in [0.15, 0.2) is 182 Å². The van der Waals surface area contributed by atoms with Crippen LogP contribution in [0.5, 0.6) is 11.5 Å². The Hall–Kier alpha value is -6.70. The zero-order valence-corrected chi connectivity index (χ0v) is 29.6. The van der Waals surface area contributed by atoms with E-state index in [1.54, 1.807) is 12.1 Å². The summed E-state index contributed by atoms with van der Waals surface area (Å²) in [7, 11) is 0. The molecule has 0 radical (unpaired) electrons. The van der Waals surface area contributed by atoms with Gasteiger partial charge in [-0.3, -0.25) is 0 Å². The van der Waals surface area contributed by atoms with E-state index in [0.29, 0.717) is 39.3 Å². The topological polar surface area (TPSA) is 9.23 Å². The van der Waals surface area contributed by atoms with E-state index in [0.717, 1.165) is 44.2 Å². The van der Waals surface area contributed by atoms with Crippen molar-refractivity contribution in [3.63, 3.8) is 0 Å². The highest BCUT2D eigenvalue weighted by Gasteiger charge is 2.36. The molecule has 0 unspecified atom stereocenters. The maximum atomic E-state index is 9.99. The van der Waals surface area contributed by atoms with Crippen LogP contribution in [0.1, 0.15) is 35.9 Å². The number of ether oxygens (including phenoxy) is 1. The predicted octanol–water partition coefficient (Wildman–Crippen LogP) is 14.7. The van der Waals surface area contributed by atoms with Crippen molar-refractivity contribution < 1.29 is 15.7 Å². The van der Waals surface area contributed by atoms with Crippen LogP contribution in [0.3, 0.4) is 0 Å². The van der Waals surface area contributed by atoms with Crippen LogP contribution < -0.4 is 4.74 Å². The highest BCUT2D eigenvalue weighted by Crippen LogP contribution is 2.52. The molecule has 0 bridgehead atoms. The zero-order valence-electron chi connectivity index (χ0n) is 37.6. The van der Waals surface area contributed by atoms with Crippen molar-refractivity contribution in [3.8, 4) is 78.3 Å². The third kappa shape index (κ3) is 4.72. The second kappa shape index (κ2) is 11.7. The molecule has 0 saturated heterocycles. The van der Waals surface area contributed by atoms with Crippen molar-refractivity contribution in [1.29, 1.82) is 0 Å². The van der Waals surface area contributed by atoms with Crippen LogP contribution in [0.25, 0.3) is 88.3 Å². The zero-order chi connectivity index (χ0) is 42.9. The minimum absolute atomic E-state index is 0.0941. The van der Waals surface area contributed by atoms with Gasteiger partial charge in [-0.15, -0.1) is 0 Å². The lowest BCUT2D eigenvalue weighted by molar-refractivity contribution is 0.487. The van der Waals surface area contributed by atoms with Crippen LogP contribution in [0, 0.1) is 0 Å². The quantitative estimate of drug-likeness (QED) is 0.178. The maximum Gasteiger partial charge on any atom is 0.135 e. The van der Waals surface area contributed by atoms with E-state index >= 15 is 0 Å². The molecule has 0 fully saturated rings. The molecule has 9 aromatic carbocycles. The third-order valence-electron chi connectivity index (χ3n) is 11.2. The summed E-state index contributed by atoms with van der Waals surface area (Å²) in [5.41, 5.74) is 9.98. The molecular formula is C53H36O. The van der Waals surface area contributed by atoms with Gasteiger partial charge in [0, 0.05) is 16.4 Å². The number of rotatable bonds is 4. The standard InChI is InChI=1S/C53H36O/c1-53(2)48-31-37(20-22-43(48)47-29-35-16-9-10-17-36(35)30-49(47)53)40-26-39(34-14-7-4-8-15-34)27-41(28-40)42-24-25-50-52-45(42)18-11-19-46(52)44-23-21-38(32-51(44)54-50)33-12-5-3-6-13-33/h3-32H,1-2H3/i3D,5D,6D,12D,13D,26D,27D,28D. The third-order valence-corrected chi connectivity index (χ3v) is 11.2. The minimum Gasteiger partial charge on any atom is -0.456 e. The Morgan fingerprint density at radius 1 is 0.426 bits per heavy atom. The Morgan fingerprint density at radius 3 is 1.91 bits per heavy atom. The fraction of sp³-hybridized carbons (Fsp3) is 0.0566. The maximum absolute atomic E-state index is 9.99. The summed E-state index contributed by atoms with van der Waals surface area (Å²) in [5, 5.41) is 3.94. The van der Waals surface area contributed by atoms with Crippen LogP contribution in [0.2, 0.25) is 0 Å². The SMILES string of the molecule is [2H]c1c([2H])c([2H])c(-c2ccc3c(c2)Oc2ccc(-c4c([2H])c(-c5ccccc5)c([2H])c(-c5ccc6c(c5)C(C)(C)c5cc7ccccc7cc5-6)c4[2H])c4cccc-3c24)c([2H])c1[2H]. The Balaban J connectivity index is 1.11. The summed E-state index contributed by atoms with van der Waals surface area (Å²) >= 11 is 0. The molecule has 9 aromatic rings. The molecule has 0 saturated carbocycles. The summed E-state index contributed by atoms with van der Waals surface area (Å²) in [6.45, 7) is 4.47. The molecule has 0 N–H and O–H groups in total. The molecule has 1 nitrogen and oxygen atoms in total. The van der Waals surface area contributed by atoms with E-state index in [1.165, 1.54) is 21.9 Å². The number of fused-ring (bicyclic) bond motifs is 6. The molecule has 0 atom stereocenters. The predicted molar refractivity (Wildman–Crippen MR) is 226 cm³/mol. The lowest BCUT2D eigenvalue weighted by Gasteiger charge is -2.24. The van der Waals surface area contributed by atoms with Gasteiger partial charge in [0.2, 0.25) is 0 Å². The summed E-state index contributed by atoms with van der Waals surface area (Å²) < 4.78 is 77.7. The monoisotopic (exact) mass is 696 g/mol. The van der Waals surface area contributed by atoms with Gasteiger partial charge in [-0.2, -0.15) is 0 Å². The first-order valence-electron chi connectivity index (χ1n) is 22.2. The smallest absolute Gasteiger partial charge is 0.135 e. The molecule has 2 aliphatic rings. The first kappa shape index (κ1) is 23.8. The fourth-order valence-electron chi connectivity index (χ4n) is 8.47. The second-order valence-corrected chi connectivity index (χ2v) is 14.6. The number of benzene rings is 9. The first-order chi connectivity index (χ1) is 29.8. The van der Waals surface area contributed by atoms with Crippen molar-refractivity contribution in [3.05, 3.63) is 193 Å². The Bertz CT molecular complexity index is 3420. The summed E-state index contributed by atoms with van der Waals surface area (Å²) in [6, 6.07) is 42.2.